The highest BCUT2D eigenvalue weighted by molar-refractivity contribution is 7.89. The summed E-state index contributed by atoms with van der Waals surface area (Å²) >= 11 is 0. The average Bonchev–Trinajstić information content (AvgIpc) is 2.48. The maximum Gasteiger partial charge on any atom is 0.210 e. The van der Waals surface area contributed by atoms with Crippen molar-refractivity contribution < 1.29 is 8.42 Å². The lowest BCUT2D eigenvalue weighted by Crippen LogP contribution is -2.46. The standard InChI is InChI=1S/C12H24N2O2S/c1-11(2)9-4-5-12(11,3)10(8-9)14-6-7-17(13,15)16/h9-10,14H,4-8H2,1-3H3,(H2,13,15,16). The van der Waals surface area contributed by atoms with Crippen LogP contribution in [0.2, 0.25) is 0 Å². The molecule has 2 saturated carbocycles. The van der Waals surface area contributed by atoms with Gasteiger partial charge in [0.25, 0.3) is 0 Å². The van der Waals surface area contributed by atoms with Crippen LogP contribution in [0.15, 0.2) is 0 Å². The smallest absolute Gasteiger partial charge is 0.210 e. The van der Waals surface area contributed by atoms with E-state index in [1.165, 1.54) is 19.3 Å². The van der Waals surface area contributed by atoms with Crippen molar-refractivity contribution in [2.75, 3.05) is 12.3 Å². The minimum Gasteiger partial charge on any atom is -0.312 e. The number of fused-ring (bicyclic) bond motifs is 2. The normalized spacial score (nSPS) is 39.8. The molecule has 4 nitrogen and oxygen atoms in total. The number of hydrogen-bond acceptors (Lipinski definition) is 3. The summed E-state index contributed by atoms with van der Waals surface area (Å²) in [5.74, 6) is 0.810. The zero-order valence-electron chi connectivity index (χ0n) is 11.0. The van der Waals surface area contributed by atoms with Crippen molar-refractivity contribution in [3.8, 4) is 0 Å². The van der Waals surface area contributed by atoms with Gasteiger partial charge in [0.1, 0.15) is 0 Å². The van der Waals surface area contributed by atoms with Gasteiger partial charge in [-0.1, -0.05) is 20.8 Å². The first kappa shape index (κ1) is 13.3. The van der Waals surface area contributed by atoms with E-state index in [4.69, 9.17) is 5.14 Å². The average molecular weight is 260 g/mol. The molecule has 0 aliphatic heterocycles. The van der Waals surface area contributed by atoms with Crippen LogP contribution < -0.4 is 10.5 Å². The third-order valence-corrected chi connectivity index (χ3v) is 6.34. The van der Waals surface area contributed by atoms with Gasteiger partial charge >= 0.3 is 0 Å². The summed E-state index contributed by atoms with van der Waals surface area (Å²) in [5, 5.41) is 8.42. The van der Waals surface area contributed by atoms with Crippen molar-refractivity contribution in [2.45, 2.75) is 46.1 Å². The largest absolute Gasteiger partial charge is 0.312 e. The Morgan fingerprint density at radius 1 is 1.35 bits per heavy atom. The van der Waals surface area contributed by atoms with E-state index in [1.807, 2.05) is 0 Å². The Morgan fingerprint density at radius 3 is 2.41 bits per heavy atom. The lowest BCUT2D eigenvalue weighted by molar-refractivity contribution is 0.122. The van der Waals surface area contributed by atoms with Gasteiger partial charge in [0.2, 0.25) is 10.0 Å². The van der Waals surface area contributed by atoms with Crippen LogP contribution in [0.25, 0.3) is 0 Å². The molecule has 17 heavy (non-hydrogen) atoms. The molecule has 0 aromatic heterocycles. The van der Waals surface area contributed by atoms with Gasteiger partial charge < -0.3 is 5.32 Å². The number of primary sulfonamides is 1. The molecule has 2 aliphatic rings. The molecule has 2 bridgehead atoms. The van der Waals surface area contributed by atoms with Crippen LogP contribution in [0, 0.1) is 16.7 Å². The van der Waals surface area contributed by atoms with Gasteiger partial charge in [-0.05, 0) is 36.0 Å². The Labute approximate surface area is 104 Å². The molecule has 0 aromatic carbocycles. The number of nitrogens with one attached hydrogen (secondary N) is 1. The van der Waals surface area contributed by atoms with Crippen LogP contribution >= 0.6 is 0 Å². The monoisotopic (exact) mass is 260 g/mol. The SMILES string of the molecule is CC1(C)C2CCC1(C)C(NCCS(N)(=O)=O)C2. The Morgan fingerprint density at radius 2 is 2.00 bits per heavy atom. The number of nitrogens with two attached hydrogens (primary N) is 1. The second kappa shape index (κ2) is 3.93. The number of sulfonamides is 1. The van der Waals surface area contributed by atoms with E-state index in [0.717, 1.165) is 5.92 Å². The van der Waals surface area contributed by atoms with E-state index < -0.39 is 10.0 Å². The molecule has 0 radical (unpaired) electrons. The molecule has 0 saturated heterocycles. The maximum absolute atomic E-state index is 10.9. The fraction of sp³-hybridized carbons (Fsp3) is 1.00. The first-order valence-electron chi connectivity index (χ1n) is 6.41. The Bertz CT molecular complexity index is 405. The molecule has 0 amide bonds. The summed E-state index contributed by atoms with van der Waals surface area (Å²) in [5.41, 5.74) is 0.669. The van der Waals surface area contributed by atoms with Crippen molar-refractivity contribution in [3.05, 3.63) is 0 Å². The van der Waals surface area contributed by atoms with Crippen molar-refractivity contribution in [1.29, 1.82) is 0 Å². The van der Waals surface area contributed by atoms with Crippen molar-refractivity contribution >= 4 is 10.0 Å². The predicted octanol–water partition coefficient (Wildman–Crippen LogP) is 1.08. The summed E-state index contributed by atoms with van der Waals surface area (Å²) in [6, 6.07) is 0.443. The topological polar surface area (TPSA) is 72.2 Å². The second-order valence-electron chi connectivity index (χ2n) is 6.48. The lowest BCUT2D eigenvalue weighted by atomic mass is 9.69. The third-order valence-electron chi connectivity index (χ3n) is 5.57. The second-order valence-corrected chi connectivity index (χ2v) is 8.22. The Balaban J connectivity index is 1.97. The Hall–Kier alpha value is -0.130. The van der Waals surface area contributed by atoms with E-state index in [-0.39, 0.29) is 5.75 Å². The summed E-state index contributed by atoms with van der Waals surface area (Å²) in [7, 11) is -3.34. The first-order valence-corrected chi connectivity index (χ1v) is 8.12. The van der Waals surface area contributed by atoms with E-state index in [9.17, 15) is 8.42 Å². The fourth-order valence-corrected chi connectivity index (χ4v) is 4.29. The van der Waals surface area contributed by atoms with E-state index >= 15 is 0 Å². The van der Waals surface area contributed by atoms with Crippen LogP contribution in [0.4, 0.5) is 0 Å². The van der Waals surface area contributed by atoms with Gasteiger partial charge in [0.15, 0.2) is 0 Å². The summed E-state index contributed by atoms with van der Waals surface area (Å²) in [4.78, 5) is 0. The van der Waals surface area contributed by atoms with Gasteiger partial charge in [0, 0.05) is 12.6 Å². The molecule has 3 unspecified atom stereocenters. The van der Waals surface area contributed by atoms with Gasteiger partial charge in [-0.3, -0.25) is 0 Å². The number of rotatable bonds is 4. The Kier molecular flexibility index (Phi) is 3.08. The molecular weight excluding hydrogens is 236 g/mol. The summed E-state index contributed by atoms with van der Waals surface area (Å²) in [6.45, 7) is 7.52. The molecule has 0 heterocycles. The highest BCUT2D eigenvalue weighted by atomic mass is 32.2. The van der Waals surface area contributed by atoms with Crippen LogP contribution in [0.3, 0.4) is 0 Å². The van der Waals surface area contributed by atoms with Gasteiger partial charge in [-0.25, -0.2) is 13.6 Å². The van der Waals surface area contributed by atoms with E-state index in [0.29, 0.717) is 23.4 Å². The summed E-state index contributed by atoms with van der Waals surface area (Å²) < 4.78 is 21.8. The minimum atomic E-state index is -3.34. The summed E-state index contributed by atoms with van der Waals surface area (Å²) in [6.07, 6.45) is 3.74. The minimum absolute atomic E-state index is 0.0324. The van der Waals surface area contributed by atoms with Gasteiger partial charge in [0.05, 0.1) is 5.75 Å². The van der Waals surface area contributed by atoms with Gasteiger partial charge in [-0.15, -0.1) is 0 Å². The van der Waals surface area contributed by atoms with E-state index in [1.54, 1.807) is 0 Å². The van der Waals surface area contributed by atoms with Crippen molar-refractivity contribution in [2.24, 2.45) is 21.9 Å². The van der Waals surface area contributed by atoms with Crippen LogP contribution in [-0.4, -0.2) is 26.8 Å². The molecule has 3 atom stereocenters. The zero-order valence-corrected chi connectivity index (χ0v) is 11.8. The molecule has 2 aliphatic carbocycles. The molecule has 2 rings (SSSR count). The molecule has 2 fully saturated rings. The van der Waals surface area contributed by atoms with E-state index in [2.05, 4.69) is 26.1 Å². The highest BCUT2D eigenvalue weighted by Crippen LogP contribution is 2.65. The first-order chi connectivity index (χ1) is 7.67. The fourth-order valence-electron chi connectivity index (χ4n) is 3.89. The van der Waals surface area contributed by atoms with Crippen LogP contribution in [-0.2, 0) is 10.0 Å². The van der Waals surface area contributed by atoms with Crippen LogP contribution in [0.1, 0.15) is 40.0 Å². The van der Waals surface area contributed by atoms with Gasteiger partial charge in [-0.2, -0.15) is 0 Å². The lowest BCUT2D eigenvalue weighted by Gasteiger charge is -2.39. The molecule has 100 valence electrons. The third kappa shape index (κ3) is 2.13. The van der Waals surface area contributed by atoms with Crippen molar-refractivity contribution in [3.63, 3.8) is 0 Å². The van der Waals surface area contributed by atoms with Crippen LogP contribution in [0.5, 0.6) is 0 Å². The molecule has 3 N–H and O–H groups in total. The molecule has 0 aromatic rings. The maximum atomic E-state index is 10.9. The number of hydrogen-bond donors (Lipinski definition) is 2. The molecule has 0 spiro atoms. The molecular formula is C12H24N2O2S. The zero-order chi connectivity index (χ0) is 12.9. The quantitative estimate of drug-likeness (QED) is 0.794. The highest BCUT2D eigenvalue weighted by Gasteiger charge is 2.60. The predicted molar refractivity (Wildman–Crippen MR) is 69.0 cm³/mol. The van der Waals surface area contributed by atoms with Crippen molar-refractivity contribution in [1.82, 2.24) is 5.32 Å². The molecule has 5 heteroatoms.